The number of piperazine rings is 1. The molecule has 4 rings (SSSR count). The van der Waals surface area contributed by atoms with Crippen molar-refractivity contribution in [3.63, 3.8) is 0 Å². The van der Waals surface area contributed by atoms with Gasteiger partial charge in [-0.05, 0) is 50.4 Å². The number of likely N-dealkylation sites (tertiary alicyclic amines) is 2. The molecule has 0 radical (unpaired) electrons. The number of rotatable bonds is 8. The molecule has 4 heteroatoms. The maximum absolute atomic E-state index is 2.76. The first kappa shape index (κ1) is 19.2. The van der Waals surface area contributed by atoms with E-state index in [1.54, 1.807) is 0 Å². The molecule has 0 aromatic heterocycles. The van der Waals surface area contributed by atoms with E-state index in [0.29, 0.717) is 6.04 Å². The maximum atomic E-state index is 2.76. The molecular weight excluding hydrogens is 320 g/mol. The van der Waals surface area contributed by atoms with E-state index < -0.39 is 0 Å². The zero-order valence-electron chi connectivity index (χ0n) is 17.8. The van der Waals surface area contributed by atoms with Gasteiger partial charge >= 0.3 is 0 Å². The van der Waals surface area contributed by atoms with Crippen molar-refractivity contribution < 1.29 is 0 Å². The molecule has 3 saturated heterocycles. The van der Waals surface area contributed by atoms with Gasteiger partial charge < -0.3 is 4.90 Å². The topological polar surface area (TPSA) is 13.0 Å². The molecule has 150 valence electrons. The Morgan fingerprint density at radius 1 is 0.846 bits per heavy atom. The minimum absolute atomic E-state index is 0.715. The molecule has 0 unspecified atom stereocenters. The number of hydrogen-bond donors (Lipinski definition) is 0. The molecule has 26 heavy (non-hydrogen) atoms. The van der Waals surface area contributed by atoms with Crippen molar-refractivity contribution in [2.75, 3.05) is 65.4 Å². The summed E-state index contributed by atoms with van der Waals surface area (Å²) < 4.78 is 0. The Labute approximate surface area is 161 Å². The van der Waals surface area contributed by atoms with Crippen LogP contribution in [0.5, 0.6) is 0 Å². The highest BCUT2D eigenvalue weighted by molar-refractivity contribution is 4.99. The number of hydrogen-bond acceptors (Lipinski definition) is 4. The van der Waals surface area contributed by atoms with Gasteiger partial charge in [-0.1, -0.05) is 13.8 Å². The van der Waals surface area contributed by atoms with Crippen molar-refractivity contribution in [1.82, 2.24) is 19.6 Å². The molecule has 0 aromatic rings. The van der Waals surface area contributed by atoms with Gasteiger partial charge in [0.2, 0.25) is 0 Å². The minimum atomic E-state index is 0.715. The Hall–Kier alpha value is -0.160. The van der Waals surface area contributed by atoms with Crippen LogP contribution in [0.1, 0.15) is 47.0 Å². The second kappa shape index (κ2) is 7.69. The molecule has 0 atom stereocenters. The summed E-state index contributed by atoms with van der Waals surface area (Å²) in [5.41, 5.74) is 0.721. The van der Waals surface area contributed by atoms with E-state index in [4.69, 9.17) is 0 Å². The molecule has 3 heterocycles. The standard InChI is InChI=1S/C22H42N4/c1-18(2)11-22(5-6-22)17-24-13-20(14-24)12-23-15-21(16-23)26-9-7-25(8-10-26)19(3)4/h18-21H,5-17H2,1-4H3. The third-order valence-corrected chi connectivity index (χ3v) is 7.44. The molecule has 0 spiro atoms. The van der Waals surface area contributed by atoms with Crippen molar-refractivity contribution in [3.8, 4) is 0 Å². The van der Waals surface area contributed by atoms with E-state index in [2.05, 4.69) is 47.3 Å². The van der Waals surface area contributed by atoms with Crippen LogP contribution in [-0.2, 0) is 0 Å². The second-order valence-electron chi connectivity index (χ2n) is 10.7. The third-order valence-electron chi connectivity index (χ3n) is 7.44. The molecule has 4 nitrogen and oxygen atoms in total. The van der Waals surface area contributed by atoms with Gasteiger partial charge in [-0.2, -0.15) is 0 Å². The van der Waals surface area contributed by atoms with Gasteiger partial charge in [0.25, 0.3) is 0 Å². The monoisotopic (exact) mass is 362 g/mol. The van der Waals surface area contributed by atoms with Gasteiger partial charge in [-0.25, -0.2) is 0 Å². The Morgan fingerprint density at radius 3 is 2.04 bits per heavy atom. The maximum Gasteiger partial charge on any atom is 0.0351 e. The summed E-state index contributed by atoms with van der Waals surface area (Å²) in [4.78, 5) is 10.9. The van der Waals surface area contributed by atoms with Crippen molar-refractivity contribution in [1.29, 1.82) is 0 Å². The first-order valence-corrected chi connectivity index (χ1v) is 11.4. The zero-order valence-corrected chi connectivity index (χ0v) is 17.8. The van der Waals surface area contributed by atoms with Crippen LogP contribution in [0.3, 0.4) is 0 Å². The lowest BCUT2D eigenvalue weighted by Crippen LogP contribution is -2.65. The molecule has 0 N–H and O–H groups in total. The highest BCUT2D eigenvalue weighted by atomic mass is 15.4. The molecule has 0 aromatic carbocycles. The van der Waals surface area contributed by atoms with Gasteiger partial charge in [-0.3, -0.25) is 14.7 Å². The third kappa shape index (κ3) is 4.45. The van der Waals surface area contributed by atoms with E-state index in [9.17, 15) is 0 Å². The minimum Gasteiger partial charge on any atom is -0.302 e. The predicted octanol–water partition coefficient (Wildman–Crippen LogP) is 2.45. The van der Waals surface area contributed by atoms with Crippen molar-refractivity contribution >= 4 is 0 Å². The molecule has 1 saturated carbocycles. The highest BCUT2D eigenvalue weighted by Crippen LogP contribution is 2.51. The highest BCUT2D eigenvalue weighted by Gasteiger charge is 2.46. The fraction of sp³-hybridized carbons (Fsp3) is 1.00. The molecule has 0 bridgehead atoms. The lowest BCUT2D eigenvalue weighted by Gasteiger charge is -2.51. The van der Waals surface area contributed by atoms with Gasteiger partial charge in [0.1, 0.15) is 0 Å². The van der Waals surface area contributed by atoms with Crippen LogP contribution in [0.15, 0.2) is 0 Å². The summed E-state index contributed by atoms with van der Waals surface area (Å²) in [5, 5.41) is 0. The fourth-order valence-electron chi connectivity index (χ4n) is 5.77. The quantitative estimate of drug-likeness (QED) is 0.657. The van der Waals surface area contributed by atoms with Crippen LogP contribution < -0.4 is 0 Å². The van der Waals surface area contributed by atoms with E-state index in [-0.39, 0.29) is 0 Å². The molecule has 4 aliphatic rings. The summed E-state index contributed by atoms with van der Waals surface area (Å²) >= 11 is 0. The van der Waals surface area contributed by atoms with E-state index in [1.165, 1.54) is 84.7 Å². The van der Waals surface area contributed by atoms with Crippen LogP contribution in [0, 0.1) is 17.3 Å². The summed E-state index contributed by atoms with van der Waals surface area (Å²) in [6.45, 7) is 22.7. The average Bonchev–Trinajstić information content (AvgIpc) is 3.26. The van der Waals surface area contributed by atoms with Gasteiger partial charge in [-0.15, -0.1) is 0 Å². The molecular formula is C22H42N4. The lowest BCUT2D eigenvalue weighted by atomic mass is 9.90. The van der Waals surface area contributed by atoms with Gasteiger partial charge in [0.15, 0.2) is 0 Å². The normalized spacial score (nSPS) is 29.3. The van der Waals surface area contributed by atoms with Crippen LogP contribution in [0.2, 0.25) is 0 Å². The Balaban J connectivity index is 1.09. The van der Waals surface area contributed by atoms with Crippen LogP contribution >= 0.6 is 0 Å². The second-order valence-corrected chi connectivity index (χ2v) is 10.7. The lowest BCUT2D eigenvalue weighted by molar-refractivity contribution is -0.0272. The smallest absolute Gasteiger partial charge is 0.0351 e. The first-order valence-electron chi connectivity index (χ1n) is 11.4. The van der Waals surface area contributed by atoms with E-state index in [0.717, 1.165) is 23.3 Å². The van der Waals surface area contributed by atoms with Crippen molar-refractivity contribution in [2.24, 2.45) is 17.3 Å². The van der Waals surface area contributed by atoms with Crippen LogP contribution in [-0.4, -0.2) is 97.1 Å². The van der Waals surface area contributed by atoms with E-state index >= 15 is 0 Å². The fourth-order valence-corrected chi connectivity index (χ4v) is 5.77. The summed E-state index contributed by atoms with van der Waals surface area (Å²) in [5.74, 6) is 1.82. The predicted molar refractivity (Wildman–Crippen MR) is 110 cm³/mol. The van der Waals surface area contributed by atoms with Crippen LogP contribution in [0.25, 0.3) is 0 Å². The Kier molecular flexibility index (Phi) is 5.67. The first-order chi connectivity index (χ1) is 12.4. The molecule has 4 fully saturated rings. The summed E-state index contributed by atoms with van der Waals surface area (Å²) in [6.07, 6.45) is 4.43. The number of nitrogens with zero attached hydrogens (tertiary/aromatic N) is 4. The van der Waals surface area contributed by atoms with Crippen molar-refractivity contribution in [2.45, 2.75) is 59.0 Å². The molecule has 3 aliphatic heterocycles. The van der Waals surface area contributed by atoms with Gasteiger partial charge in [0, 0.05) is 77.5 Å². The SMILES string of the molecule is CC(C)CC1(CN2CC(CN3CC(N4CCN(C(C)C)CC4)C3)C2)CC1. The summed E-state index contributed by atoms with van der Waals surface area (Å²) in [6, 6.07) is 1.56. The average molecular weight is 363 g/mol. The Morgan fingerprint density at radius 2 is 1.50 bits per heavy atom. The van der Waals surface area contributed by atoms with E-state index in [1.807, 2.05) is 0 Å². The van der Waals surface area contributed by atoms with Crippen molar-refractivity contribution in [3.05, 3.63) is 0 Å². The molecule has 1 aliphatic carbocycles. The summed E-state index contributed by atoms with van der Waals surface area (Å²) in [7, 11) is 0. The zero-order chi connectivity index (χ0) is 18.3. The molecule has 0 amide bonds. The van der Waals surface area contributed by atoms with Gasteiger partial charge in [0.05, 0.1) is 0 Å². The Bertz CT molecular complexity index is 453. The largest absolute Gasteiger partial charge is 0.302 e. The van der Waals surface area contributed by atoms with Crippen LogP contribution in [0.4, 0.5) is 0 Å².